The van der Waals surface area contributed by atoms with Crippen molar-refractivity contribution in [2.24, 2.45) is 0 Å². The third-order valence-corrected chi connectivity index (χ3v) is 4.58. The van der Waals surface area contributed by atoms with Crippen LogP contribution < -0.4 is 4.74 Å². The van der Waals surface area contributed by atoms with Gasteiger partial charge in [-0.05, 0) is 57.0 Å². The predicted octanol–water partition coefficient (Wildman–Crippen LogP) is 5.32. The monoisotopic (exact) mass is 405 g/mol. The maximum atomic E-state index is 11.5. The molecular weight excluding hydrogens is 378 g/mol. The SMILES string of the molecule is CCOC(=O)/C=C(/C)Cc1ccc(OCCc2nc(-c3ccccc3)oc2C)cc1. The molecule has 5 nitrogen and oxygen atoms in total. The molecule has 0 radical (unpaired) electrons. The average molecular weight is 405 g/mol. The largest absolute Gasteiger partial charge is 0.493 e. The summed E-state index contributed by atoms with van der Waals surface area (Å²) in [6.07, 6.45) is 2.91. The Balaban J connectivity index is 1.51. The number of oxazole rings is 1. The maximum absolute atomic E-state index is 11.5. The fourth-order valence-corrected chi connectivity index (χ4v) is 3.09. The molecule has 2 aromatic carbocycles. The van der Waals surface area contributed by atoms with Gasteiger partial charge in [-0.1, -0.05) is 35.9 Å². The van der Waals surface area contributed by atoms with Gasteiger partial charge in [0.1, 0.15) is 11.5 Å². The molecule has 3 aromatic rings. The van der Waals surface area contributed by atoms with Gasteiger partial charge in [0.25, 0.3) is 0 Å². The van der Waals surface area contributed by atoms with Crippen LogP contribution in [0.1, 0.15) is 30.9 Å². The molecule has 0 saturated heterocycles. The summed E-state index contributed by atoms with van der Waals surface area (Å²) in [6, 6.07) is 17.8. The van der Waals surface area contributed by atoms with E-state index in [-0.39, 0.29) is 5.97 Å². The number of nitrogens with zero attached hydrogens (tertiary/aromatic N) is 1. The van der Waals surface area contributed by atoms with Crippen molar-refractivity contribution < 1.29 is 18.7 Å². The van der Waals surface area contributed by atoms with Gasteiger partial charge >= 0.3 is 5.97 Å². The first-order valence-corrected chi connectivity index (χ1v) is 10.1. The molecule has 0 unspecified atom stereocenters. The fraction of sp³-hybridized carbons (Fsp3) is 0.280. The Kier molecular flexibility index (Phi) is 7.44. The zero-order valence-corrected chi connectivity index (χ0v) is 17.7. The molecule has 0 bridgehead atoms. The number of carbonyl (C=O) groups is 1. The number of aryl methyl sites for hydroxylation is 1. The summed E-state index contributed by atoms with van der Waals surface area (Å²) in [5, 5.41) is 0. The third-order valence-electron chi connectivity index (χ3n) is 4.58. The molecule has 1 aromatic heterocycles. The molecule has 0 atom stereocenters. The second-order valence-electron chi connectivity index (χ2n) is 7.05. The molecule has 0 aliphatic carbocycles. The number of benzene rings is 2. The van der Waals surface area contributed by atoms with Crippen molar-refractivity contribution in [2.75, 3.05) is 13.2 Å². The van der Waals surface area contributed by atoms with Crippen LogP contribution in [0.4, 0.5) is 0 Å². The molecule has 0 amide bonds. The Morgan fingerprint density at radius 1 is 1.10 bits per heavy atom. The smallest absolute Gasteiger partial charge is 0.330 e. The molecular formula is C25H27NO4. The van der Waals surface area contributed by atoms with Crippen molar-refractivity contribution in [3.8, 4) is 17.2 Å². The van der Waals surface area contributed by atoms with Gasteiger partial charge in [0, 0.05) is 18.1 Å². The van der Waals surface area contributed by atoms with Crippen LogP contribution >= 0.6 is 0 Å². The number of allylic oxidation sites excluding steroid dienone is 1. The Hall–Kier alpha value is -3.34. The summed E-state index contributed by atoms with van der Waals surface area (Å²) in [5.74, 6) is 1.96. The number of hydrogen-bond acceptors (Lipinski definition) is 5. The Morgan fingerprint density at radius 2 is 1.83 bits per heavy atom. The summed E-state index contributed by atoms with van der Waals surface area (Å²) in [7, 11) is 0. The molecule has 30 heavy (non-hydrogen) atoms. The number of carbonyl (C=O) groups excluding carboxylic acids is 1. The molecule has 156 valence electrons. The van der Waals surface area contributed by atoms with Gasteiger partial charge in [0.05, 0.1) is 18.9 Å². The second-order valence-corrected chi connectivity index (χ2v) is 7.05. The molecule has 0 saturated carbocycles. The van der Waals surface area contributed by atoms with Crippen molar-refractivity contribution in [3.63, 3.8) is 0 Å². The van der Waals surface area contributed by atoms with E-state index in [0.29, 0.717) is 31.9 Å². The van der Waals surface area contributed by atoms with E-state index >= 15 is 0 Å². The summed E-state index contributed by atoms with van der Waals surface area (Å²) in [4.78, 5) is 16.1. The highest BCUT2D eigenvalue weighted by atomic mass is 16.5. The van der Waals surface area contributed by atoms with Crippen molar-refractivity contribution in [3.05, 3.63) is 83.3 Å². The minimum Gasteiger partial charge on any atom is -0.493 e. The number of aromatic nitrogens is 1. The highest BCUT2D eigenvalue weighted by Gasteiger charge is 2.11. The van der Waals surface area contributed by atoms with E-state index < -0.39 is 0 Å². The molecule has 0 aliphatic heterocycles. The van der Waals surface area contributed by atoms with E-state index in [4.69, 9.17) is 13.9 Å². The van der Waals surface area contributed by atoms with Crippen LogP contribution in [0.25, 0.3) is 11.5 Å². The van der Waals surface area contributed by atoms with Gasteiger partial charge in [-0.3, -0.25) is 0 Å². The molecule has 1 heterocycles. The fourth-order valence-electron chi connectivity index (χ4n) is 3.09. The quantitative estimate of drug-likeness (QED) is 0.356. The summed E-state index contributed by atoms with van der Waals surface area (Å²) in [6.45, 7) is 6.55. The lowest BCUT2D eigenvalue weighted by Gasteiger charge is -2.07. The highest BCUT2D eigenvalue weighted by molar-refractivity contribution is 5.82. The lowest BCUT2D eigenvalue weighted by molar-refractivity contribution is -0.137. The van der Waals surface area contributed by atoms with Gasteiger partial charge in [-0.15, -0.1) is 0 Å². The topological polar surface area (TPSA) is 61.6 Å². The summed E-state index contributed by atoms with van der Waals surface area (Å²) in [5.41, 5.74) is 3.94. The van der Waals surface area contributed by atoms with Crippen LogP contribution in [0, 0.1) is 6.92 Å². The van der Waals surface area contributed by atoms with Gasteiger partial charge < -0.3 is 13.9 Å². The Morgan fingerprint density at radius 3 is 2.53 bits per heavy atom. The first-order valence-electron chi connectivity index (χ1n) is 10.1. The average Bonchev–Trinajstić information content (AvgIpc) is 3.11. The van der Waals surface area contributed by atoms with E-state index in [1.165, 1.54) is 6.08 Å². The molecule has 0 fully saturated rings. The van der Waals surface area contributed by atoms with Crippen LogP contribution in [0.15, 0.2) is 70.7 Å². The predicted molar refractivity (Wildman–Crippen MR) is 116 cm³/mol. The number of ether oxygens (including phenoxy) is 2. The third kappa shape index (κ3) is 6.08. The Bertz CT molecular complexity index is 988. The van der Waals surface area contributed by atoms with E-state index in [0.717, 1.165) is 33.9 Å². The number of esters is 1. The first-order chi connectivity index (χ1) is 14.5. The van der Waals surface area contributed by atoms with E-state index in [9.17, 15) is 4.79 Å². The minimum atomic E-state index is -0.298. The van der Waals surface area contributed by atoms with Crippen LogP contribution in [-0.2, 0) is 22.4 Å². The standard InChI is InChI=1S/C25H27NO4/c1-4-28-24(27)17-18(2)16-20-10-12-22(13-11-20)29-15-14-23-19(3)30-25(26-23)21-8-6-5-7-9-21/h5-13,17H,4,14-16H2,1-3H3/b18-17-. The van der Waals surface area contributed by atoms with Crippen LogP contribution in [-0.4, -0.2) is 24.2 Å². The van der Waals surface area contributed by atoms with Gasteiger partial charge in [-0.2, -0.15) is 0 Å². The molecule has 3 rings (SSSR count). The van der Waals surface area contributed by atoms with Crippen molar-refractivity contribution in [1.82, 2.24) is 4.98 Å². The zero-order valence-electron chi connectivity index (χ0n) is 17.7. The van der Waals surface area contributed by atoms with Crippen molar-refractivity contribution in [2.45, 2.75) is 33.6 Å². The molecule has 0 aliphatic rings. The lowest BCUT2D eigenvalue weighted by Crippen LogP contribution is -2.03. The van der Waals surface area contributed by atoms with Crippen LogP contribution in [0.3, 0.4) is 0 Å². The highest BCUT2D eigenvalue weighted by Crippen LogP contribution is 2.22. The van der Waals surface area contributed by atoms with E-state index in [1.54, 1.807) is 6.92 Å². The molecule has 0 N–H and O–H groups in total. The van der Waals surface area contributed by atoms with Crippen LogP contribution in [0.5, 0.6) is 5.75 Å². The van der Waals surface area contributed by atoms with Gasteiger partial charge in [0.15, 0.2) is 0 Å². The van der Waals surface area contributed by atoms with Crippen molar-refractivity contribution in [1.29, 1.82) is 0 Å². The number of hydrogen-bond donors (Lipinski definition) is 0. The summed E-state index contributed by atoms with van der Waals surface area (Å²) < 4.78 is 16.6. The maximum Gasteiger partial charge on any atom is 0.330 e. The van der Waals surface area contributed by atoms with Crippen LogP contribution in [0.2, 0.25) is 0 Å². The molecule has 5 heteroatoms. The summed E-state index contributed by atoms with van der Waals surface area (Å²) >= 11 is 0. The second kappa shape index (κ2) is 10.4. The normalized spacial score (nSPS) is 11.4. The van der Waals surface area contributed by atoms with Crippen molar-refractivity contribution >= 4 is 5.97 Å². The van der Waals surface area contributed by atoms with E-state index in [2.05, 4.69) is 4.98 Å². The molecule has 0 spiro atoms. The van der Waals surface area contributed by atoms with E-state index in [1.807, 2.05) is 68.4 Å². The minimum absolute atomic E-state index is 0.298. The number of rotatable bonds is 9. The van der Waals surface area contributed by atoms with Gasteiger partial charge in [-0.25, -0.2) is 9.78 Å². The lowest BCUT2D eigenvalue weighted by atomic mass is 10.1. The Labute approximate surface area is 177 Å². The van der Waals surface area contributed by atoms with Gasteiger partial charge in [0.2, 0.25) is 5.89 Å². The zero-order chi connectivity index (χ0) is 21.3. The first kappa shape index (κ1) is 21.4.